The highest BCUT2D eigenvalue weighted by Gasteiger charge is 2.20. The van der Waals surface area contributed by atoms with Gasteiger partial charge in [0.05, 0.1) is 4.47 Å². The highest BCUT2D eigenvalue weighted by molar-refractivity contribution is 9.10. The molecule has 1 aromatic heterocycles. The van der Waals surface area contributed by atoms with Crippen molar-refractivity contribution in [3.8, 4) is 5.75 Å². The smallest absolute Gasteiger partial charge is 0.347 e. The van der Waals surface area contributed by atoms with Gasteiger partial charge in [-0.25, -0.2) is 4.79 Å². The number of halogens is 1. The molecule has 1 heterocycles. The molecule has 23 heavy (non-hydrogen) atoms. The molecule has 5 heteroatoms. The second-order valence-electron chi connectivity index (χ2n) is 5.50. The molecule has 2 atom stereocenters. The van der Waals surface area contributed by atoms with Crippen LogP contribution in [0.5, 0.6) is 5.75 Å². The van der Waals surface area contributed by atoms with Crippen molar-refractivity contribution >= 4 is 21.9 Å². The largest absolute Gasteiger partial charge is 0.478 e. The van der Waals surface area contributed by atoms with Crippen LogP contribution in [0.4, 0.5) is 0 Å². The maximum atomic E-state index is 12.2. The third-order valence-corrected chi connectivity index (χ3v) is 3.93. The van der Waals surface area contributed by atoms with Crippen molar-refractivity contribution in [2.75, 3.05) is 0 Å². The molecule has 2 unspecified atom stereocenters. The predicted octanol–water partition coefficient (Wildman–Crippen LogP) is 4.09. The molecule has 2 aromatic rings. The maximum Gasteiger partial charge on any atom is 0.347 e. The van der Waals surface area contributed by atoms with Crippen molar-refractivity contribution in [3.63, 3.8) is 0 Å². The normalized spacial score (nSPS) is 13.2. The van der Waals surface area contributed by atoms with Crippen molar-refractivity contribution in [2.45, 2.75) is 39.4 Å². The minimum atomic E-state index is -0.672. The van der Waals surface area contributed by atoms with E-state index in [-0.39, 0.29) is 12.1 Å². The van der Waals surface area contributed by atoms with E-state index < -0.39 is 6.10 Å². The topological polar surface area (TPSA) is 48.4 Å². The van der Waals surface area contributed by atoms with Crippen LogP contribution in [0.1, 0.15) is 25.0 Å². The molecule has 0 spiro atoms. The Balaban J connectivity index is 1.89. The van der Waals surface area contributed by atoms with E-state index in [0.717, 1.165) is 15.6 Å². The monoisotopic (exact) mass is 377 g/mol. The van der Waals surface area contributed by atoms with E-state index in [1.807, 2.05) is 44.2 Å². The number of carbonyl (C=O) groups excluding carboxylic acids is 1. The molecule has 2 rings (SSSR count). The molecule has 0 amide bonds. The lowest BCUT2D eigenvalue weighted by Crippen LogP contribution is -2.30. The minimum absolute atomic E-state index is 0.225. The number of ether oxygens (including phenoxy) is 2. The van der Waals surface area contributed by atoms with Crippen molar-refractivity contribution in [1.82, 2.24) is 4.98 Å². The van der Waals surface area contributed by atoms with Crippen molar-refractivity contribution < 1.29 is 14.3 Å². The van der Waals surface area contributed by atoms with Crippen LogP contribution in [0, 0.1) is 6.92 Å². The molecular formula is C18H20BrNO3. The van der Waals surface area contributed by atoms with Gasteiger partial charge in [0.15, 0.2) is 6.10 Å². The van der Waals surface area contributed by atoms with Gasteiger partial charge in [-0.1, -0.05) is 6.07 Å². The first-order valence-electron chi connectivity index (χ1n) is 7.48. The number of pyridine rings is 1. The minimum Gasteiger partial charge on any atom is -0.478 e. The number of hydrogen-bond donors (Lipinski definition) is 0. The quantitative estimate of drug-likeness (QED) is 0.711. The summed E-state index contributed by atoms with van der Waals surface area (Å²) in [6.45, 7) is 5.55. The van der Waals surface area contributed by atoms with Gasteiger partial charge in [0.1, 0.15) is 11.9 Å². The Morgan fingerprint density at radius 3 is 2.57 bits per heavy atom. The van der Waals surface area contributed by atoms with E-state index in [4.69, 9.17) is 9.47 Å². The Kier molecular flexibility index (Phi) is 6.16. The molecular weight excluding hydrogens is 358 g/mol. The van der Waals surface area contributed by atoms with Crippen LogP contribution in [0.3, 0.4) is 0 Å². The molecule has 0 saturated heterocycles. The third kappa shape index (κ3) is 5.36. The number of hydrogen-bond acceptors (Lipinski definition) is 4. The first kappa shape index (κ1) is 17.5. The summed E-state index contributed by atoms with van der Waals surface area (Å²) in [5.74, 6) is 0.251. The van der Waals surface area contributed by atoms with Crippen LogP contribution in [0.15, 0.2) is 47.2 Å². The summed E-state index contributed by atoms with van der Waals surface area (Å²) < 4.78 is 12.0. The number of carbonyl (C=O) groups is 1. The van der Waals surface area contributed by atoms with Gasteiger partial charge in [0, 0.05) is 18.8 Å². The zero-order valence-electron chi connectivity index (χ0n) is 13.5. The number of benzene rings is 1. The molecule has 0 aliphatic heterocycles. The average Bonchev–Trinajstić information content (AvgIpc) is 2.50. The van der Waals surface area contributed by atoms with E-state index in [9.17, 15) is 4.79 Å². The van der Waals surface area contributed by atoms with E-state index in [2.05, 4.69) is 20.9 Å². The van der Waals surface area contributed by atoms with Gasteiger partial charge in [0.25, 0.3) is 0 Å². The van der Waals surface area contributed by atoms with E-state index in [1.54, 1.807) is 19.3 Å². The first-order chi connectivity index (χ1) is 11.0. The Labute approximate surface area is 145 Å². The van der Waals surface area contributed by atoms with Gasteiger partial charge in [-0.15, -0.1) is 0 Å². The molecule has 4 nitrogen and oxygen atoms in total. The predicted molar refractivity (Wildman–Crippen MR) is 92.5 cm³/mol. The van der Waals surface area contributed by atoms with Gasteiger partial charge in [0.2, 0.25) is 0 Å². The van der Waals surface area contributed by atoms with E-state index in [1.165, 1.54) is 0 Å². The van der Waals surface area contributed by atoms with Crippen molar-refractivity contribution in [3.05, 3.63) is 58.3 Å². The number of esters is 1. The highest BCUT2D eigenvalue weighted by Crippen LogP contribution is 2.26. The van der Waals surface area contributed by atoms with E-state index >= 15 is 0 Å². The van der Waals surface area contributed by atoms with Crippen LogP contribution in [0.25, 0.3) is 0 Å². The highest BCUT2D eigenvalue weighted by atomic mass is 79.9. The zero-order chi connectivity index (χ0) is 16.8. The summed E-state index contributed by atoms with van der Waals surface area (Å²) in [6, 6.07) is 9.54. The molecule has 0 N–H and O–H groups in total. The fourth-order valence-electron chi connectivity index (χ4n) is 2.13. The molecule has 0 aliphatic rings. The van der Waals surface area contributed by atoms with Crippen LogP contribution in [-0.4, -0.2) is 23.2 Å². The standard InChI is InChI=1S/C18H20BrNO3/c1-12-4-5-17(16(19)10-12)23-14(3)18(21)22-13(2)11-15-6-8-20-9-7-15/h4-10,13-14H,11H2,1-3H3. The lowest BCUT2D eigenvalue weighted by molar-refractivity contribution is -0.155. The summed E-state index contributed by atoms with van der Waals surface area (Å²) in [5.41, 5.74) is 2.19. The fraction of sp³-hybridized carbons (Fsp3) is 0.333. The Morgan fingerprint density at radius 2 is 1.91 bits per heavy atom. The van der Waals surface area contributed by atoms with Crippen LogP contribution in [-0.2, 0) is 16.0 Å². The molecule has 122 valence electrons. The number of aromatic nitrogens is 1. The van der Waals surface area contributed by atoms with Crippen LogP contribution >= 0.6 is 15.9 Å². The van der Waals surface area contributed by atoms with Gasteiger partial charge in [-0.3, -0.25) is 4.98 Å². The summed E-state index contributed by atoms with van der Waals surface area (Å²) >= 11 is 3.44. The third-order valence-electron chi connectivity index (χ3n) is 3.31. The molecule has 0 radical (unpaired) electrons. The lowest BCUT2D eigenvalue weighted by Gasteiger charge is -2.18. The van der Waals surface area contributed by atoms with Gasteiger partial charge in [-0.2, -0.15) is 0 Å². The summed E-state index contributed by atoms with van der Waals surface area (Å²) in [6.07, 6.45) is 3.20. The number of aryl methyl sites for hydroxylation is 1. The Bertz CT molecular complexity index is 661. The molecule has 0 fully saturated rings. The van der Waals surface area contributed by atoms with Crippen molar-refractivity contribution in [1.29, 1.82) is 0 Å². The Hall–Kier alpha value is -1.88. The number of nitrogens with zero attached hydrogens (tertiary/aromatic N) is 1. The second kappa shape index (κ2) is 8.11. The second-order valence-corrected chi connectivity index (χ2v) is 6.36. The first-order valence-corrected chi connectivity index (χ1v) is 8.27. The molecule has 0 saturated carbocycles. The van der Waals surface area contributed by atoms with E-state index in [0.29, 0.717) is 12.2 Å². The lowest BCUT2D eigenvalue weighted by atomic mass is 10.1. The summed E-state index contributed by atoms with van der Waals surface area (Å²) in [5, 5.41) is 0. The van der Waals surface area contributed by atoms with Crippen LogP contribution in [0.2, 0.25) is 0 Å². The summed E-state index contributed by atoms with van der Waals surface area (Å²) in [7, 11) is 0. The van der Waals surface area contributed by atoms with Gasteiger partial charge >= 0.3 is 5.97 Å². The molecule has 1 aromatic carbocycles. The zero-order valence-corrected chi connectivity index (χ0v) is 15.0. The fourth-order valence-corrected chi connectivity index (χ4v) is 2.71. The van der Waals surface area contributed by atoms with Crippen LogP contribution < -0.4 is 4.74 Å². The van der Waals surface area contributed by atoms with Crippen molar-refractivity contribution in [2.24, 2.45) is 0 Å². The SMILES string of the molecule is Cc1ccc(OC(C)C(=O)OC(C)Cc2ccncc2)c(Br)c1. The molecule has 0 bridgehead atoms. The summed E-state index contributed by atoms with van der Waals surface area (Å²) in [4.78, 5) is 16.1. The van der Waals surface area contributed by atoms with Gasteiger partial charge < -0.3 is 9.47 Å². The average molecular weight is 378 g/mol. The number of rotatable bonds is 6. The molecule has 0 aliphatic carbocycles. The maximum absolute atomic E-state index is 12.2. The van der Waals surface area contributed by atoms with Gasteiger partial charge in [-0.05, 0) is 72.1 Å². The Morgan fingerprint density at radius 1 is 1.22 bits per heavy atom.